The van der Waals surface area contributed by atoms with Gasteiger partial charge in [-0.05, 0) is 18.9 Å². The lowest BCUT2D eigenvalue weighted by atomic mass is 10.0. The van der Waals surface area contributed by atoms with Crippen molar-refractivity contribution >= 4 is 0 Å². The van der Waals surface area contributed by atoms with Crippen LogP contribution in [0.25, 0.3) is 0 Å². The first-order valence-electron chi connectivity index (χ1n) is 4.07. The first kappa shape index (κ1) is 6.86. The smallest absolute Gasteiger partial charge is 0.0319 e. The fourth-order valence-corrected chi connectivity index (χ4v) is 1.32. The van der Waals surface area contributed by atoms with Crippen LogP contribution in [0.2, 0.25) is 0 Å². The minimum atomic E-state index is 0.404. The van der Waals surface area contributed by atoms with E-state index in [2.05, 4.69) is 42.6 Å². The van der Waals surface area contributed by atoms with Crippen LogP contribution < -0.4 is 5.32 Å². The summed E-state index contributed by atoms with van der Waals surface area (Å²) in [5.74, 6) is 0. The van der Waals surface area contributed by atoms with Gasteiger partial charge >= 0.3 is 0 Å². The Bertz CT molecular complexity index is 236. The van der Waals surface area contributed by atoms with Crippen LogP contribution in [0.5, 0.6) is 0 Å². The van der Waals surface area contributed by atoms with Gasteiger partial charge in [0.1, 0.15) is 0 Å². The molecule has 1 aliphatic rings. The fourth-order valence-electron chi connectivity index (χ4n) is 1.32. The zero-order chi connectivity index (χ0) is 7.73. The summed E-state index contributed by atoms with van der Waals surface area (Å²) in [5, 5.41) is 3.36. The van der Waals surface area contributed by atoms with Gasteiger partial charge in [0.2, 0.25) is 0 Å². The largest absolute Gasteiger partial charge is 0.308 e. The molecule has 11 heavy (non-hydrogen) atoms. The molecule has 1 unspecified atom stereocenters. The van der Waals surface area contributed by atoms with Gasteiger partial charge in [0.15, 0.2) is 0 Å². The summed E-state index contributed by atoms with van der Waals surface area (Å²) in [6.45, 7) is 3.43. The van der Waals surface area contributed by atoms with Crippen LogP contribution in [0.3, 0.4) is 0 Å². The molecule has 0 spiro atoms. The molecule has 0 bridgehead atoms. The molecular formula is C10H13N. The Labute approximate surface area is 67.4 Å². The molecule has 1 fully saturated rings. The number of benzene rings is 1. The molecule has 1 aliphatic heterocycles. The van der Waals surface area contributed by atoms with E-state index in [4.69, 9.17) is 0 Å². The Morgan fingerprint density at radius 2 is 2.00 bits per heavy atom. The number of nitrogens with one attached hydrogen (secondary N) is 1. The summed E-state index contributed by atoms with van der Waals surface area (Å²) < 4.78 is 0. The van der Waals surface area contributed by atoms with Gasteiger partial charge in [-0.2, -0.15) is 0 Å². The van der Waals surface area contributed by atoms with Crippen LogP contribution in [0, 0.1) is 0 Å². The second-order valence-corrected chi connectivity index (χ2v) is 3.58. The molecule has 0 saturated carbocycles. The highest BCUT2D eigenvalue weighted by Gasteiger charge is 2.35. The van der Waals surface area contributed by atoms with Gasteiger partial charge in [-0.1, -0.05) is 30.3 Å². The molecule has 0 aliphatic carbocycles. The molecule has 2 rings (SSSR count). The first-order valence-corrected chi connectivity index (χ1v) is 4.07. The summed E-state index contributed by atoms with van der Waals surface area (Å²) in [7, 11) is 0. The summed E-state index contributed by atoms with van der Waals surface area (Å²) >= 11 is 0. The third-order valence-corrected chi connectivity index (χ3v) is 2.22. The molecule has 1 atom stereocenters. The Morgan fingerprint density at radius 1 is 1.36 bits per heavy atom. The molecule has 58 valence electrons. The van der Waals surface area contributed by atoms with E-state index in [1.807, 2.05) is 0 Å². The lowest BCUT2D eigenvalue weighted by Gasteiger charge is -2.05. The average molecular weight is 147 g/mol. The van der Waals surface area contributed by atoms with Crippen molar-refractivity contribution in [1.82, 2.24) is 5.32 Å². The predicted octanol–water partition coefficient (Wildman–Crippen LogP) is 1.59. The second kappa shape index (κ2) is 2.35. The van der Waals surface area contributed by atoms with Crippen LogP contribution in [0.15, 0.2) is 30.3 Å². The summed E-state index contributed by atoms with van der Waals surface area (Å²) in [6, 6.07) is 10.6. The van der Waals surface area contributed by atoms with E-state index in [1.54, 1.807) is 0 Å². The van der Waals surface area contributed by atoms with Crippen LogP contribution >= 0.6 is 0 Å². The maximum atomic E-state index is 3.36. The van der Waals surface area contributed by atoms with Crippen LogP contribution in [-0.2, 0) is 6.42 Å². The predicted molar refractivity (Wildman–Crippen MR) is 46.6 cm³/mol. The number of rotatable bonds is 2. The molecule has 0 amide bonds. The second-order valence-electron chi connectivity index (χ2n) is 3.58. The van der Waals surface area contributed by atoms with Gasteiger partial charge in [0, 0.05) is 12.1 Å². The van der Waals surface area contributed by atoms with Crippen molar-refractivity contribution in [3.8, 4) is 0 Å². The standard InChI is InChI=1S/C10H13N/c1-10(8-11-10)7-9-5-3-2-4-6-9/h2-6,11H,7-8H2,1H3. The van der Waals surface area contributed by atoms with Crippen molar-refractivity contribution in [3.05, 3.63) is 35.9 Å². The minimum Gasteiger partial charge on any atom is -0.308 e. The lowest BCUT2D eigenvalue weighted by molar-refractivity contribution is 0.691. The van der Waals surface area contributed by atoms with E-state index >= 15 is 0 Å². The maximum absolute atomic E-state index is 3.36. The van der Waals surface area contributed by atoms with Gasteiger partial charge in [0.05, 0.1) is 0 Å². The third-order valence-electron chi connectivity index (χ3n) is 2.22. The third kappa shape index (κ3) is 1.60. The van der Waals surface area contributed by atoms with Crippen LogP contribution in [-0.4, -0.2) is 12.1 Å². The van der Waals surface area contributed by atoms with Gasteiger partial charge in [-0.15, -0.1) is 0 Å². The molecule has 1 nitrogen and oxygen atoms in total. The summed E-state index contributed by atoms with van der Waals surface area (Å²) in [6.07, 6.45) is 1.16. The molecular weight excluding hydrogens is 134 g/mol. The topological polar surface area (TPSA) is 21.9 Å². The highest BCUT2D eigenvalue weighted by molar-refractivity contribution is 5.20. The highest BCUT2D eigenvalue weighted by Crippen LogP contribution is 2.21. The monoisotopic (exact) mass is 147 g/mol. The van der Waals surface area contributed by atoms with Crippen molar-refractivity contribution in [2.45, 2.75) is 18.9 Å². The molecule has 1 saturated heterocycles. The zero-order valence-corrected chi connectivity index (χ0v) is 6.80. The van der Waals surface area contributed by atoms with Crippen molar-refractivity contribution in [3.63, 3.8) is 0 Å². The van der Waals surface area contributed by atoms with Crippen LogP contribution in [0.1, 0.15) is 12.5 Å². The summed E-state index contributed by atoms with van der Waals surface area (Å²) in [5.41, 5.74) is 1.83. The van der Waals surface area contributed by atoms with Gasteiger partial charge in [-0.3, -0.25) is 0 Å². The molecule has 1 N–H and O–H groups in total. The Hall–Kier alpha value is -0.820. The molecule has 0 radical (unpaired) electrons. The first-order chi connectivity index (χ1) is 5.29. The molecule has 1 aromatic rings. The van der Waals surface area contributed by atoms with E-state index < -0.39 is 0 Å². The zero-order valence-electron chi connectivity index (χ0n) is 6.80. The molecule has 0 aromatic heterocycles. The Kier molecular flexibility index (Phi) is 1.46. The average Bonchev–Trinajstić information content (AvgIpc) is 2.70. The van der Waals surface area contributed by atoms with E-state index in [9.17, 15) is 0 Å². The minimum absolute atomic E-state index is 0.404. The van der Waals surface area contributed by atoms with Crippen molar-refractivity contribution < 1.29 is 0 Å². The Morgan fingerprint density at radius 3 is 2.55 bits per heavy atom. The van der Waals surface area contributed by atoms with E-state index in [-0.39, 0.29) is 0 Å². The molecule has 1 heteroatoms. The number of hydrogen-bond acceptors (Lipinski definition) is 1. The van der Waals surface area contributed by atoms with Gasteiger partial charge < -0.3 is 5.32 Å². The summed E-state index contributed by atoms with van der Waals surface area (Å²) in [4.78, 5) is 0. The quantitative estimate of drug-likeness (QED) is 0.630. The maximum Gasteiger partial charge on any atom is 0.0319 e. The Balaban J connectivity index is 2.07. The van der Waals surface area contributed by atoms with Gasteiger partial charge in [-0.25, -0.2) is 0 Å². The van der Waals surface area contributed by atoms with Crippen LogP contribution in [0.4, 0.5) is 0 Å². The van der Waals surface area contributed by atoms with Crippen molar-refractivity contribution in [2.75, 3.05) is 6.54 Å². The van der Waals surface area contributed by atoms with E-state index in [1.165, 1.54) is 12.1 Å². The van der Waals surface area contributed by atoms with Crippen molar-refractivity contribution in [2.24, 2.45) is 0 Å². The van der Waals surface area contributed by atoms with E-state index in [0.717, 1.165) is 6.42 Å². The molecule has 1 aromatic carbocycles. The normalized spacial score (nSPS) is 28.5. The highest BCUT2D eigenvalue weighted by atomic mass is 15.1. The van der Waals surface area contributed by atoms with Gasteiger partial charge in [0.25, 0.3) is 0 Å². The number of hydrogen-bond donors (Lipinski definition) is 1. The van der Waals surface area contributed by atoms with E-state index in [0.29, 0.717) is 5.54 Å². The SMILES string of the molecule is CC1(Cc2ccccc2)CN1. The fraction of sp³-hybridized carbons (Fsp3) is 0.400. The van der Waals surface area contributed by atoms with Crippen molar-refractivity contribution in [1.29, 1.82) is 0 Å². The lowest BCUT2D eigenvalue weighted by Crippen LogP contribution is -2.12. The molecule has 1 heterocycles.